The molecule has 6 fully saturated rings. The molecule has 11 rings (SSSR count). The second kappa shape index (κ2) is 17.3. The van der Waals surface area contributed by atoms with Gasteiger partial charge >= 0.3 is 5.69 Å². The van der Waals surface area contributed by atoms with Gasteiger partial charge in [-0.15, -0.1) is 0 Å². The normalized spacial score (nSPS) is 25.7. The number of aryl methyl sites for hydroxylation is 1. The van der Waals surface area contributed by atoms with E-state index in [-0.39, 0.29) is 59.6 Å². The van der Waals surface area contributed by atoms with Gasteiger partial charge in [0, 0.05) is 83.6 Å². The van der Waals surface area contributed by atoms with Crippen LogP contribution in [-0.4, -0.2) is 145 Å². The van der Waals surface area contributed by atoms with E-state index in [0.717, 1.165) is 51.3 Å². The van der Waals surface area contributed by atoms with Crippen molar-refractivity contribution < 1.29 is 36.7 Å². The van der Waals surface area contributed by atoms with Crippen molar-refractivity contribution in [2.45, 2.75) is 81.8 Å². The lowest BCUT2D eigenvalue weighted by Gasteiger charge is -2.47. The first-order chi connectivity index (χ1) is 32.7. The average Bonchev–Trinajstić information content (AvgIpc) is 4.11. The van der Waals surface area contributed by atoms with Gasteiger partial charge in [0.1, 0.15) is 17.4 Å². The SMILES string of the molecule is Cn1c(=O)n(C2CCC(=O)NC2=O)c2cccc(N3CCN(C4CCN(C[C@H]5CC[C@H](n6cc(NC(=O)c7cnn8ccc(N9CCC%10(COC%10)C9)nc78)c(C(F)F)n6)CC5)CC4(F)F)CC3)c21. The molecule has 1 spiro atoms. The molecule has 1 saturated carbocycles. The van der Waals surface area contributed by atoms with Gasteiger partial charge in [-0.1, -0.05) is 6.07 Å². The van der Waals surface area contributed by atoms with Crippen LogP contribution in [0, 0.1) is 11.3 Å². The monoisotopic (exact) mass is 945 g/mol. The van der Waals surface area contributed by atoms with Crippen LogP contribution < -0.4 is 26.1 Å². The molecule has 2 unspecified atom stereocenters. The maximum atomic E-state index is 16.1. The van der Waals surface area contributed by atoms with Gasteiger partial charge in [-0.25, -0.2) is 31.9 Å². The molecule has 5 aromatic rings. The Morgan fingerprint density at radius 3 is 2.46 bits per heavy atom. The molecule has 0 radical (unpaired) electrons. The third-order valence-electron chi connectivity index (χ3n) is 15.4. The van der Waals surface area contributed by atoms with E-state index in [1.807, 2.05) is 28.0 Å². The van der Waals surface area contributed by atoms with Gasteiger partial charge < -0.3 is 19.9 Å². The summed E-state index contributed by atoms with van der Waals surface area (Å²) in [5.41, 5.74) is 1.68. The predicted molar refractivity (Wildman–Crippen MR) is 241 cm³/mol. The van der Waals surface area contributed by atoms with E-state index in [0.29, 0.717) is 81.0 Å². The quantitative estimate of drug-likeness (QED) is 0.151. The van der Waals surface area contributed by atoms with Gasteiger partial charge in [-0.2, -0.15) is 10.2 Å². The van der Waals surface area contributed by atoms with Crippen molar-refractivity contribution in [1.29, 1.82) is 0 Å². The Morgan fingerprint density at radius 1 is 0.956 bits per heavy atom. The smallest absolute Gasteiger partial charge is 0.329 e. The van der Waals surface area contributed by atoms with Crippen LogP contribution in [-0.2, 0) is 21.4 Å². The van der Waals surface area contributed by atoms with Crippen LogP contribution in [0.15, 0.2) is 47.7 Å². The van der Waals surface area contributed by atoms with Gasteiger partial charge in [-0.3, -0.25) is 43.3 Å². The number of para-hydroxylation sites is 1. The average molecular weight is 946 g/mol. The highest BCUT2D eigenvalue weighted by molar-refractivity contribution is 6.08. The number of piperazine rings is 1. The molecule has 2 N–H and O–H groups in total. The number of fused-ring (bicyclic) bond motifs is 2. The van der Waals surface area contributed by atoms with Crippen molar-refractivity contribution >= 4 is 51.6 Å². The zero-order valence-corrected chi connectivity index (χ0v) is 37.8. The minimum absolute atomic E-state index is 0.0772. The number of alkyl halides is 4. The van der Waals surface area contributed by atoms with Gasteiger partial charge in [0.25, 0.3) is 18.3 Å². The summed E-state index contributed by atoms with van der Waals surface area (Å²) in [6.45, 7) is 5.59. The summed E-state index contributed by atoms with van der Waals surface area (Å²) >= 11 is 0. The number of imidazole rings is 1. The number of imide groups is 1. The predicted octanol–water partition coefficient (Wildman–Crippen LogP) is 4.24. The minimum atomic E-state index is -2.94. The number of nitrogens with zero attached hydrogens (tertiary/aromatic N) is 11. The molecule has 1 aromatic carbocycles. The number of hydrogen-bond acceptors (Lipinski definition) is 12. The number of carbonyl (C=O) groups excluding carboxylic acids is 3. The maximum Gasteiger partial charge on any atom is 0.329 e. The summed E-state index contributed by atoms with van der Waals surface area (Å²) in [5, 5.41) is 13.5. The van der Waals surface area contributed by atoms with E-state index in [9.17, 15) is 28.0 Å². The summed E-state index contributed by atoms with van der Waals surface area (Å²) in [6, 6.07) is 5.48. The number of hydrogen-bond donors (Lipinski definition) is 2. The first-order valence-corrected chi connectivity index (χ1v) is 23.7. The number of ether oxygens (including phenoxy) is 1. The zero-order valence-electron chi connectivity index (χ0n) is 37.8. The Labute approximate surface area is 388 Å². The van der Waals surface area contributed by atoms with Crippen LogP contribution in [0.5, 0.6) is 0 Å². The van der Waals surface area contributed by atoms with Gasteiger partial charge in [0.15, 0.2) is 11.3 Å². The number of piperidine rings is 2. The number of likely N-dealkylation sites (tertiary alicyclic amines) is 1. The molecule has 2 atom stereocenters. The number of anilines is 3. The van der Waals surface area contributed by atoms with Crippen LogP contribution >= 0.6 is 0 Å². The maximum absolute atomic E-state index is 16.1. The number of aromatic nitrogens is 7. The lowest BCUT2D eigenvalue weighted by atomic mass is 9.85. The topological polar surface area (TPSA) is 172 Å². The Hall–Kier alpha value is -5.87. The van der Waals surface area contributed by atoms with Gasteiger partial charge in [0.05, 0.1) is 60.4 Å². The van der Waals surface area contributed by atoms with Crippen molar-refractivity contribution in [3.8, 4) is 0 Å². The molecule has 5 aliphatic heterocycles. The highest BCUT2D eigenvalue weighted by Crippen LogP contribution is 2.41. The van der Waals surface area contributed by atoms with E-state index in [1.54, 1.807) is 19.3 Å². The molecule has 18 nitrogen and oxygen atoms in total. The highest BCUT2D eigenvalue weighted by atomic mass is 19.3. The molecule has 3 amide bonds. The number of carbonyl (C=O) groups is 3. The Bertz CT molecular complexity index is 2820. The van der Waals surface area contributed by atoms with Gasteiger partial charge in [-0.05, 0) is 69.1 Å². The largest absolute Gasteiger partial charge is 0.380 e. The molecular weight excluding hydrogens is 891 g/mol. The summed E-state index contributed by atoms with van der Waals surface area (Å²) < 4.78 is 72.3. The number of amides is 3. The lowest BCUT2D eigenvalue weighted by molar-refractivity contribution is -0.135. The third-order valence-corrected chi connectivity index (χ3v) is 15.4. The standard InChI is InChI=1S/C46H55F4N13O5/c1-56-39-32(3-2-4-33(39)63(44(56)67)34-9-10-37(64)54-43(34)66)58-17-19-59(20-18-58)35-11-14-57(25-46(35,49)50)22-28-5-7-29(8-6-28)62-23-31(38(55-62)40(47)48)52-42(65)30-21-51-61-15-12-36(53-41(30)61)60-16-13-45(24-60)26-68-27-45/h2-4,12,15,21,23,28-29,34-35,40H,5-11,13-14,16-20,22,24-27H2,1H3,(H,52,65)(H,54,64,66)/t28-,29-,34?,35?. The van der Waals surface area contributed by atoms with Crippen LogP contribution in [0.1, 0.15) is 85.9 Å². The molecule has 68 heavy (non-hydrogen) atoms. The Kier molecular flexibility index (Phi) is 11.3. The van der Waals surface area contributed by atoms with Crippen molar-refractivity contribution in [2.75, 3.05) is 87.2 Å². The summed E-state index contributed by atoms with van der Waals surface area (Å²) in [4.78, 5) is 64.4. The van der Waals surface area contributed by atoms with E-state index < -0.39 is 41.9 Å². The van der Waals surface area contributed by atoms with Crippen LogP contribution in [0.3, 0.4) is 0 Å². The number of halogens is 4. The minimum Gasteiger partial charge on any atom is -0.380 e. The second-order valence-corrected chi connectivity index (χ2v) is 19.8. The van der Waals surface area contributed by atoms with E-state index >= 15 is 8.78 Å². The molecule has 6 aliphatic rings. The van der Waals surface area contributed by atoms with Crippen molar-refractivity contribution in [2.24, 2.45) is 18.4 Å². The number of benzene rings is 1. The van der Waals surface area contributed by atoms with E-state index in [2.05, 4.69) is 30.6 Å². The van der Waals surface area contributed by atoms with Crippen molar-refractivity contribution in [3.63, 3.8) is 0 Å². The number of nitrogens with one attached hydrogen (secondary N) is 2. The van der Waals surface area contributed by atoms with Gasteiger partial charge in [0.2, 0.25) is 11.8 Å². The molecule has 4 aromatic heterocycles. The third kappa shape index (κ3) is 8.00. The molecule has 5 saturated heterocycles. The van der Waals surface area contributed by atoms with Crippen LogP contribution in [0.25, 0.3) is 16.7 Å². The van der Waals surface area contributed by atoms with E-state index in [1.165, 1.54) is 30.7 Å². The first kappa shape index (κ1) is 44.6. The molecule has 1 aliphatic carbocycles. The lowest BCUT2D eigenvalue weighted by Crippen LogP contribution is -2.62. The van der Waals surface area contributed by atoms with Crippen LogP contribution in [0.2, 0.25) is 0 Å². The molecule has 0 bridgehead atoms. The van der Waals surface area contributed by atoms with Crippen molar-refractivity contribution in [1.82, 2.24) is 48.6 Å². The summed E-state index contributed by atoms with van der Waals surface area (Å²) in [5.74, 6) is -3.55. The fourth-order valence-electron chi connectivity index (χ4n) is 11.7. The van der Waals surface area contributed by atoms with Crippen LogP contribution in [0.4, 0.5) is 34.8 Å². The first-order valence-electron chi connectivity index (χ1n) is 23.7. The number of rotatable bonds is 10. The Morgan fingerprint density at radius 2 is 1.75 bits per heavy atom. The highest BCUT2D eigenvalue weighted by Gasteiger charge is 2.49. The molecule has 362 valence electrons. The fourth-order valence-corrected chi connectivity index (χ4v) is 11.7. The summed E-state index contributed by atoms with van der Waals surface area (Å²) in [7, 11) is 1.66. The molecule has 9 heterocycles. The second-order valence-electron chi connectivity index (χ2n) is 19.8. The molecule has 22 heteroatoms. The molecular formula is C46H55F4N13O5. The zero-order chi connectivity index (χ0) is 47.1. The summed E-state index contributed by atoms with van der Waals surface area (Å²) in [6.07, 6.45) is 6.05. The Balaban J connectivity index is 0.681. The fraction of sp³-hybridized carbons (Fsp3) is 0.587. The van der Waals surface area contributed by atoms with E-state index in [4.69, 9.17) is 9.72 Å². The van der Waals surface area contributed by atoms with Crippen molar-refractivity contribution in [3.05, 3.63) is 64.6 Å².